The molecule has 2 heteroatoms. The molecule has 116 valence electrons. The first-order chi connectivity index (χ1) is 12.0. The number of hydrogen-bond donors (Lipinski definition) is 1. The molecule has 4 bridgehead atoms. The number of H-pyrrole nitrogens is 1. The molecule has 0 spiro atoms. The summed E-state index contributed by atoms with van der Waals surface area (Å²) in [6.07, 6.45) is 5.00. The lowest BCUT2D eigenvalue weighted by molar-refractivity contribution is -0.0134. The number of nitrogens with one attached hydrogen (secondary N) is 1. The molecule has 1 aliphatic carbocycles. The molecule has 0 amide bonds. The molecule has 6 rings (SSSR count). The quantitative estimate of drug-likeness (QED) is 0.834. The van der Waals surface area contributed by atoms with Gasteiger partial charge < -0.3 is 4.98 Å². The highest BCUT2D eigenvalue weighted by molar-refractivity contribution is 5.85. The van der Waals surface area contributed by atoms with Gasteiger partial charge in [0, 0.05) is 45.8 Å². The van der Waals surface area contributed by atoms with E-state index in [2.05, 4.69) is 16.8 Å². The Bertz CT molecular complexity index is 822. The normalized spacial score (nSPS) is 39.0. The van der Waals surface area contributed by atoms with Gasteiger partial charge in [0.25, 0.3) is 0 Å². The summed E-state index contributed by atoms with van der Waals surface area (Å²) in [6, 6.07) is 6.32. The van der Waals surface area contributed by atoms with Gasteiger partial charge in [-0.3, -0.25) is 4.90 Å². The first-order valence-electron chi connectivity index (χ1n) is 10.3. The van der Waals surface area contributed by atoms with E-state index in [-0.39, 0.29) is 0 Å². The van der Waals surface area contributed by atoms with Crippen LogP contribution >= 0.6 is 0 Å². The fourth-order valence-electron chi connectivity index (χ4n) is 5.69. The summed E-state index contributed by atoms with van der Waals surface area (Å²) in [4.78, 5) is 6.45. The zero-order valence-corrected chi connectivity index (χ0v) is 13.2. The number of nitrogens with zero attached hydrogens (tertiary/aromatic N) is 1. The largest absolute Gasteiger partial charge is 0.358 e. The molecular formula is C20H26N2. The highest BCUT2D eigenvalue weighted by atomic mass is 15.2. The van der Waals surface area contributed by atoms with Gasteiger partial charge in [0.2, 0.25) is 0 Å². The van der Waals surface area contributed by atoms with E-state index in [0.29, 0.717) is 17.5 Å². The van der Waals surface area contributed by atoms with Crippen LogP contribution in [0.2, 0.25) is 0 Å². The average Bonchev–Trinajstić information content (AvgIpc) is 2.91. The Morgan fingerprint density at radius 3 is 3.18 bits per heavy atom. The Morgan fingerprint density at radius 1 is 1.36 bits per heavy atom. The van der Waals surface area contributed by atoms with Crippen LogP contribution < -0.4 is 0 Å². The van der Waals surface area contributed by atoms with Crippen LogP contribution in [0.15, 0.2) is 18.2 Å². The molecule has 2 aromatic rings. The number of rotatable bonds is 1. The predicted molar refractivity (Wildman–Crippen MR) is 91.3 cm³/mol. The van der Waals surface area contributed by atoms with Crippen molar-refractivity contribution in [3.8, 4) is 0 Å². The maximum atomic E-state index is 7.74. The molecule has 22 heavy (non-hydrogen) atoms. The third-order valence-corrected chi connectivity index (χ3v) is 6.52. The van der Waals surface area contributed by atoms with Crippen molar-refractivity contribution >= 4 is 10.9 Å². The second kappa shape index (κ2) is 4.61. The first-order valence-corrected chi connectivity index (χ1v) is 8.84. The summed E-state index contributed by atoms with van der Waals surface area (Å²) >= 11 is 0. The average molecular weight is 297 g/mol. The van der Waals surface area contributed by atoms with Gasteiger partial charge in [-0.15, -0.1) is 0 Å². The Balaban J connectivity index is 1.65. The van der Waals surface area contributed by atoms with Crippen molar-refractivity contribution in [2.24, 2.45) is 11.8 Å². The van der Waals surface area contributed by atoms with Gasteiger partial charge in [0.05, 0.1) is 0 Å². The van der Waals surface area contributed by atoms with E-state index in [1.165, 1.54) is 37.1 Å². The van der Waals surface area contributed by atoms with Gasteiger partial charge in [0.1, 0.15) is 0 Å². The molecule has 4 heterocycles. The summed E-state index contributed by atoms with van der Waals surface area (Å²) in [6.45, 7) is 2.69. The molecule has 5 unspecified atom stereocenters. The topological polar surface area (TPSA) is 19.0 Å². The molecule has 1 aromatic carbocycles. The lowest BCUT2D eigenvalue weighted by atomic mass is 9.65. The molecule has 3 aliphatic heterocycles. The van der Waals surface area contributed by atoms with E-state index < -0.39 is 6.85 Å². The fraction of sp³-hybridized carbons (Fsp3) is 0.600. The Labute approximate surface area is 137 Å². The molecule has 2 nitrogen and oxygen atoms in total. The minimum Gasteiger partial charge on any atom is -0.358 e. The third-order valence-electron chi connectivity index (χ3n) is 6.52. The highest BCUT2D eigenvalue weighted by Crippen LogP contribution is 2.50. The number of aromatic amines is 1. The third kappa shape index (κ3) is 1.70. The molecule has 1 aromatic heterocycles. The van der Waals surface area contributed by atoms with Crippen LogP contribution in [0, 0.1) is 18.7 Å². The van der Waals surface area contributed by atoms with Crippen molar-refractivity contribution in [3.05, 3.63) is 35.0 Å². The van der Waals surface area contributed by atoms with Crippen molar-refractivity contribution in [2.45, 2.75) is 51.4 Å². The van der Waals surface area contributed by atoms with E-state index in [4.69, 9.17) is 4.11 Å². The van der Waals surface area contributed by atoms with E-state index in [1.54, 1.807) is 6.07 Å². The molecule has 2 saturated heterocycles. The highest BCUT2D eigenvalue weighted by Gasteiger charge is 2.48. The summed E-state index contributed by atoms with van der Waals surface area (Å²) < 4.78 is 23.2. The fourth-order valence-corrected chi connectivity index (χ4v) is 5.69. The Hall–Kier alpha value is -1.28. The summed E-state index contributed by atoms with van der Waals surface area (Å²) in [5.74, 6) is 2.24. The molecule has 1 N–H and O–H groups in total. The van der Waals surface area contributed by atoms with E-state index in [0.717, 1.165) is 35.7 Å². The number of piperidine rings is 2. The molecular weight excluding hydrogens is 268 g/mol. The van der Waals surface area contributed by atoms with Gasteiger partial charge in [0.15, 0.2) is 0 Å². The molecule has 1 saturated carbocycles. The van der Waals surface area contributed by atoms with Gasteiger partial charge in [-0.25, -0.2) is 0 Å². The smallest absolute Gasteiger partial charge is 0.0459 e. The molecule has 0 radical (unpaired) electrons. The molecule has 3 fully saturated rings. The van der Waals surface area contributed by atoms with Gasteiger partial charge in [-0.1, -0.05) is 25.0 Å². The second-order valence-corrected chi connectivity index (χ2v) is 7.63. The van der Waals surface area contributed by atoms with E-state index in [9.17, 15) is 0 Å². The molecule has 5 atom stereocenters. The number of fused-ring (bicyclic) bond motifs is 4. The standard InChI is InChI=1S/C20H26N2/c1-3-14-9-13-10-17-19-15(6-7-22(11-13)20(14)17)16-8-12(2)4-5-18(16)21-19/h4-5,8,13-14,17,20-21H,3,6-7,9-11H2,1-2H3/i2D3. The van der Waals surface area contributed by atoms with Crippen molar-refractivity contribution in [1.29, 1.82) is 0 Å². The number of aromatic nitrogens is 1. The van der Waals surface area contributed by atoms with Crippen molar-refractivity contribution in [2.75, 3.05) is 13.1 Å². The van der Waals surface area contributed by atoms with Crippen LogP contribution in [0.4, 0.5) is 0 Å². The summed E-state index contributed by atoms with van der Waals surface area (Å²) in [7, 11) is 0. The summed E-state index contributed by atoms with van der Waals surface area (Å²) in [5.41, 5.74) is 4.37. The second-order valence-electron chi connectivity index (χ2n) is 7.63. The first kappa shape index (κ1) is 10.5. The van der Waals surface area contributed by atoms with Crippen LogP contribution in [-0.4, -0.2) is 29.0 Å². The monoisotopic (exact) mass is 297 g/mol. The maximum Gasteiger partial charge on any atom is 0.0459 e. The molecule has 4 aliphatic rings. The number of aryl methyl sites for hydroxylation is 1. The van der Waals surface area contributed by atoms with Crippen molar-refractivity contribution in [3.63, 3.8) is 0 Å². The van der Waals surface area contributed by atoms with Gasteiger partial charge in [-0.2, -0.15) is 0 Å². The zero-order valence-electron chi connectivity index (χ0n) is 16.2. The van der Waals surface area contributed by atoms with Crippen LogP contribution in [-0.2, 0) is 6.42 Å². The van der Waals surface area contributed by atoms with Crippen LogP contribution in [0.25, 0.3) is 10.9 Å². The van der Waals surface area contributed by atoms with Crippen LogP contribution in [0.5, 0.6) is 0 Å². The predicted octanol–water partition coefficient (Wildman–Crippen LogP) is 4.24. The minimum atomic E-state index is -2.03. The number of hydrogen-bond acceptors (Lipinski definition) is 1. The Kier molecular flexibility index (Phi) is 2.20. The lowest BCUT2D eigenvalue weighted by Gasteiger charge is -2.53. The maximum absolute atomic E-state index is 7.74. The van der Waals surface area contributed by atoms with E-state index in [1.807, 2.05) is 12.1 Å². The lowest BCUT2D eigenvalue weighted by Crippen LogP contribution is -2.56. The minimum absolute atomic E-state index is 0.460. The van der Waals surface area contributed by atoms with Gasteiger partial charge >= 0.3 is 0 Å². The van der Waals surface area contributed by atoms with Crippen LogP contribution in [0.1, 0.15) is 53.0 Å². The summed E-state index contributed by atoms with van der Waals surface area (Å²) in [5, 5.41) is 1.14. The van der Waals surface area contributed by atoms with E-state index >= 15 is 0 Å². The van der Waals surface area contributed by atoms with Crippen molar-refractivity contribution < 1.29 is 4.11 Å². The zero-order chi connectivity index (χ0) is 17.3. The van der Waals surface area contributed by atoms with Crippen LogP contribution in [0.3, 0.4) is 0 Å². The van der Waals surface area contributed by atoms with Gasteiger partial charge in [-0.05, 0) is 55.6 Å². The Morgan fingerprint density at radius 2 is 2.32 bits per heavy atom. The number of benzene rings is 1. The van der Waals surface area contributed by atoms with Crippen molar-refractivity contribution in [1.82, 2.24) is 9.88 Å². The SMILES string of the molecule is [2H]C([2H])([2H])c1ccc2[nH]c3c(c2c1)CCN1CC2CC(CC)C1C3C2.